The van der Waals surface area contributed by atoms with E-state index in [-0.39, 0.29) is 29.9 Å². The number of benzene rings is 2. The molecular formula is C34H33ClFN7O2. The summed E-state index contributed by atoms with van der Waals surface area (Å²) in [5, 5.41) is 12.8. The fourth-order valence-electron chi connectivity index (χ4n) is 7.36. The van der Waals surface area contributed by atoms with E-state index in [1.54, 1.807) is 17.3 Å². The lowest BCUT2D eigenvalue weighted by molar-refractivity contribution is -0.128. The van der Waals surface area contributed by atoms with E-state index in [2.05, 4.69) is 27.4 Å². The highest BCUT2D eigenvalue weighted by molar-refractivity contribution is 6.36. The molecule has 3 atom stereocenters. The molecule has 0 aliphatic carbocycles. The summed E-state index contributed by atoms with van der Waals surface area (Å²) in [5.74, 6) is 0.474. The lowest BCUT2D eigenvalue weighted by Crippen LogP contribution is -2.55. The topological polar surface area (TPSA) is 98.5 Å². The van der Waals surface area contributed by atoms with Crippen molar-refractivity contribution in [3.05, 3.63) is 66.5 Å². The van der Waals surface area contributed by atoms with Gasteiger partial charge >= 0.3 is 6.01 Å². The highest BCUT2D eigenvalue weighted by Crippen LogP contribution is 2.41. The van der Waals surface area contributed by atoms with Crippen LogP contribution in [0.25, 0.3) is 32.8 Å². The summed E-state index contributed by atoms with van der Waals surface area (Å²) in [6.07, 6.45) is 6.55. The number of amides is 1. The number of nitrogens with zero attached hydrogens (tertiary/aromatic N) is 7. The third-order valence-corrected chi connectivity index (χ3v) is 9.81. The van der Waals surface area contributed by atoms with Gasteiger partial charge < -0.3 is 14.5 Å². The van der Waals surface area contributed by atoms with Gasteiger partial charge in [0.25, 0.3) is 0 Å². The predicted octanol–water partition coefficient (Wildman–Crippen LogP) is 5.57. The van der Waals surface area contributed by atoms with Crippen LogP contribution in [0, 0.1) is 11.3 Å². The van der Waals surface area contributed by atoms with Gasteiger partial charge in [-0.05, 0) is 49.2 Å². The third kappa shape index (κ3) is 5.34. The zero-order chi connectivity index (χ0) is 31.1. The van der Waals surface area contributed by atoms with E-state index in [9.17, 15) is 14.4 Å². The maximum atomic E-state index is 14.5. The van der Waals surface area contributed by atoms with Crippen molar-refractivity contribution >= 4 is 45.0 Å². The number of hydrogen-bond donors (Lipinski definition) is 0. The molecule has 11 heteroatoms. The number of anilines is 1. The Hall–Kier alpha value is -4.33. The second-order valence-electron chi connectivity index (χ2n) is 12.1. The first-order chi connectivity index (χ1) is 21.9. The largest absolute Gasteiger partial charge is 0.461 e. The first kappa shape index (κ1) is 29.4. The third-order valence-electron chi connectivity index (χ3n) is 9.50. The summed E-state index contributed by atoms with van der Waals surface area (Å²) in [4.78, 5) is 32.8. The monoisotopic (exact) mass is 625 g/mol. The first-order valence-electron chi connectivity index (χ1n) is 15.3. The minimum absolute atomic E-state index is 0.185. The average Bonchev–Trinajstić information content (AvgIpc) is 3.58. The fraction of sp³-hybridized carbons (Fsp3) is 0.382. The maximum Gasteiger partial charge on any atom is 0.319 e. The molecule has 0 radical (unpaired) electrons. The molecule has 2 aromatic carbocycles. The minimum Gasteiger partial charge on any atom is -0.461 e. The van der Waals surface area contributed by atoms with Crippen LogP contribution in [0.4, 0.5) is 10.2 Å². The van der Waals surface area contributed by atoms with E-state index in [0.717, 1.165) is 46.7 Å². The maximum absolute atomic E-state index is 14.5. The van der Waals surface area contributed by atoms with Gasteiger partial charge in [0, 0.05) is 71.7 Å². The first-order valence-corrected chi connectivity index (χ1v) is 15.7. The minimum atomic E-state index is -0.864. The Kier molecular flexibility index (Phi) is 7.76. The number of halogens is 2. The molecule has 7 rings (SSSR count). The Morgan fingerprint density at radius 1 is 1.20 bits per heavy atom. The second-order valence-corrected chi connectivity index (χ2v) is 12.6. The molecule has 45 heavy (non-hydrogen) atoms. The Morgan fingerprint density at radius 2 is 2.09 bits per heavy atom. The number of nitriles is 1. The number of aromatic nitrogens is 3. The van der Waals surface area contributed by atoms with Crippen molar-refractivity contribution < 1.29 is 13.9 Å². The number of carbonyl (C=O) groups excluding carboxylic acids is 1. The normalized spacial score (nSPS) is 23.3. The molecule has 4 aromatic rings. The number of hydrogen-bond acceptors (Lipinski definition) is 8. The molecule has 5 heterocycles. The summed E-state index contributed by atoms with van der Waals surface area (Å²) >= 11 is 6.66. The zero-order valence-electron chi connectivity index (χ0n) is 24.8. The van der Waals surface area contributed by atoms with Gasteiger partial charge in [0.1, 0.15) is 18.6 Å². The quantitative estimate of drug-likeness (QED) is 0.246. The standard InChI is InChI=1S/C34H33ClFN7O2/c1-2-30(44)43-14-13-41(20-25(43)9-11-37)32-26-8-7-22(27-18-38-17-23-5-3-6-28(35)31(23)27)15-29(26)39-33(40-32)45-21-34-10-4-12-42(34)19-24(36)16-34/h2-3,5-8,15,17-18,24-25H,1,4,9-10,12-14,16,19-21H2/t24-,25+,34+/m1/s1. The van der Waals surface area contributed by atoms with E-state index in [0.29, 0.717) is 55.6 Å². The van der Waals surface area contributed by atoms with Crippen LogP contribution in [-0.2, 0) is 4.79 Å². The van der Waals surface area contributed by atoms with Crippen LogP contribution in [0.5, 0.6) is 6.01 Å². The molecular weight excluding hydrogens is 593 g/mol. The van der Waals surface area contributed by atoms with Crippen molar-refractivity contribution in [3.63, 3.8) is 0 Å². The fourth-order valence-corrected chi connectivity index (χ4v) is 7.64. The van der Waals surface area contributed by atoms with Gasteiger partial charge in [-0.3, -0.25) is 14.7 Å². The molecule has 0 bridgehead atoms. The van der Waals surface area contributed by atoms with Gasteiger partial charge in [0.15, 0.2) is 0 Å². The molecule has 9 nitrogen and oxygen atoms in total. The highest BCUT2D eigenvalue weighted by Gasteiger charge is 2.49. The molecule has 0 unspecified atom stereocenters. The smallest absolute Gasteiger partial charge is 0.319 e. The predicted molar refractivity (Wildman–Crippen MR) is 172 cm³/mol. The molecule has 230 valence electrons. The molecule has 0 N–H and O–H groups in total. The molecule has 3 aliphatic heterocycles. The van der Waals surface area contributed by atoms with Crippen LogP contribution in [0.3, 0.4) is 0 Å². The molecule has 0 spiro atoms. The summed E-state index contributed by atoms with van der Waals surface area (Å²) in [7, 11) is 0. The number of pyridine rings is 1. The molecule has 3 saturated heterocycles. The van der Waals surface area contributed by atoms with Crippen molar-refractivity contribution in [2.24, 2.45) is 0 Å². The van der Waals surface area contributed by atoms with E-state index < -0.39 is 6.17 Å². The van der Waals surface area contributed by atoms with Gasteiger partial charge in [0.05, 0.1) is 29.6 Å². The molecule has 3 fully saturated rings. The van der Waals surface area contributed by atoms with Crippen molar-refractivity contribution in [2.75, 3.05) is 44.2 Å². The molecule has 2 aromatic heterocycles. The molecule has 3 aliphatic rings. The van der Waals surface area contributed by atoms with Crippen LogP contribution in [0.2, 0.25) is 5.02 Å². The van der Waals surface area contributed by atoms with Crippen molar-refractivity contribution in [1.29, 1.82) is 5.26 Å². The Morgan fingerprint density at radius 3 is 2.93 bits per heavy atom. The number of alkyl halides is 1. The van der Waals surface area contributed by atoms with Gasteiger partial charge in [-0.25, -0.2) is 4.39 Å². The molecule has 0 saturated carbocycles. The summed E-state index contributed by atoms with van der Waals surface area (Å²) < 4.78 is 20.8. The van der Waals surface area contributed by atoms with Crippen LogP contribution in [-0.4, -0.2) is 87.7 Å². The van der Waals surface area contributed by atoms with Crippen LogP contribution < -0.4 is 9.64 Å². The Balaban J connectivity index is 1.30. The van der Waals surface area contributed by atoms with Gasteiger partial charge in [0.2, 0.25) is 5.91 Å². The van der Waals surface area contributed by atoms with Crippen LogP contribution >= 0.6 is 11.6 Å². The van der Waals surface area contributed by atoms with E-state index in [1.807, 2.05) is 36.4 Å². The highest BCUT2D eigenvalue weighted by atomic mass is 35.5. The number of carbonyl (C=O) groups is 1. The Bertz CT molecular complexity index is 1840. The lowest BCUT2D eigenvalue weighted by Gasteiger charge is -2.41. The lowest BCUT2D eigenvalue weighted by atomic mass is 9.95. The summed E-state index contributed by atoms with van der Waals surface area (Å²) in [6.45, 7) is 6.60. The van der Waals surface area contributed by atoms with Gasteiger partial charge in [-0.15, -0.1) is 0 Å². The van der Waals surface area contributed by atoms with Gasteiger partial charge in [-0.2, -0.15) is 15.2 Å². The summed E-state index contributed by atoms with van der Waals surface area (Å²) in [5.41, 5.74) is 2.10. The Labute approximate surface area is 265 Å². The van der Waals surface area contributed by atoms with Crippen molar-refractivity contribution in [1.82, 2.24) is 24.8 Å². The van der Waals surface area contributed by atoms with Gasteiger partial charge in [-0.1, -0.05) is 36.4 Å². The average molecular weight is 626 g/mol. The summed E-state index contributed by atoms with van der Waals surface area (Å²) in [6, 6.07) is 13.9. The number of fused-ring (bicyclic) bond motifs is 3. The zero-order valence-corrected chi connectivity index (χ0v) is 25.6. The SMILES string of the molecule is C=CC(=O)N1CCN(c2nc(OC[C@@]34CCCN3C[C@H](F)C4)nc3cc(-c4cncc5cccc(Cl)c45)ccc23)C[C@@H]1CC#N. The van der Waals surface area contributed by atoms with Crippen molar-refractivity contribution in [3.8, 4) is 23.2 Å². The van der Waals surface area contributed by atoms with Crippen molar-refractivity contribution in [2.45, 2.75) is 43.4 Å². The van der Waals surface area contributed by atoms with Crippen LogP contribution in [0.15, 0.2) is 61.4 Å². The molecule has 1 amide bonds. The van der Waals surface area contributed by atoms with E-state index in [4.69, 9.17) is 26.3 Å². The van der Waals surface area contributed by atoms with E-state index >= 15 is 0 Å². The second kappa shape index (κ2) is 11.9. The number of ether oxygens (including phenoxy) is 1. The number of piperazine rings is 1. The van der Waals surface area contributed by atoms with E-state index in [1.165, 1.54) is 6.08 Å². The number of rotatable bonds is 7. The van der Waals surface area contributed by atoms with Crippen LogP contribution in [0.1, 0.15) is 25.7 Å².